The van der Waals surface area contributed by atoms with Crippen molar-refractivity contribution in [3.05, 3.63) is 29.3 Å². The van der Waals surface area contributed by atoms with Crippen molar-refractivity contribution < 1.29 is 9.53 Å². The number of amides is 1. The van der Waals surface area contributed by atoms with Gasteiger partial charge in [-0.1, -0.05) is 12.1 Å². The van der Waals surface area contributed by atoms with E-state index in [2.05, 4.69) is 11.4 Å². The molecular formula is C16H24N2O2. The molecule has 1 N–H and O–H groups in total. The topological polar surface area (TPSA) is 41.6 Å². The molecule has 1 amide bonds. The summed E-state index contributed by atoms with van der Waals surface area (Å²) in [5, 5.41) is 3.17. The van der Waals surface area contributed by atoms with Gasteiger partial charge in [-0.15, -0.1) is 0 Å². The molecule has 1 aliphatic heterocycles. The van der Waals surface area contributed by atoms with E-state index in [1.807, 2.05) is 40.0 Å². The summed E-state index contributed by atoms with van der Waals surface area (Å²) in [6.07, 6.45) is 1.65. The van der Waals surface area contributed by atoms with Crippen LogP contribution >= 0.6 is 0 Å². The highest BCUT2D eigenvalue weighted by Gasteiger charge is 2.29. The molecule has 110 valence electrons. The average Bonchev–Trinajstić information content (AvgIpc) is 2.78. The van der Waals surface area contributed by atoms with Gasteiger partial charge in [0.25, 0.3) is 0 Å². The molecule has 1 aromatic rings. The van der Waals surface area contributed by atoms with Gasteiger partial charge < -0.3 is 10.1 Å². The van der Waals surface area contributed by atoms with Crippen molar-refractivity contribution in [2.45, 2.75) is 39.2 Å². The first-order valence-electron chi connectivity index (χ1n) is 7.18. The lowest BCUT2D eigenvalue weighted by Gasteiger charge is -2.25. The van der Waals surface area contributed by atoms with E-state index >= 15 is 0 Å². The summed E-state index contributed by atoms with van der Waals surface area (Å²) in [5.74, 6) is 0. The van der Waals surface area contributed by atoms with E-state index in [9.17, 15) is 4.79 Å². The van der Waals surface area contributed by atoms with E-state index in [0.29, 0.717) is 6.54 Å². The Morgan fingerprint density at radius 1 is 1.40 bits per heavy atom. The van der Waals surface area contributed by atoms with Crippen LogP contribution in [0.2, 0.25) is 0 Å². The zero-order valence-corrected chi connectivity index (χ0v) is 12.8. The maximum atomic E-state index is 12.2. The molecule has 0 radical (unpaired) electrons. The predicted octanol–water partition coefficient (Wildman–Crippen LogP) is 2.75. The van der Waals surface area contributed by atoms with Gasteiger partial charge in [-0.05, 0) is 64.4 Å². The molecule has 20 heavy (non-hydrogen) atoms. The second-order valence-corrected chi connectivity index (χ2v) is 6.15. The van der Waals surface area contributed by atoms with Crippen LogP contribution in [0.1, 0.15) is 31.9 Å². The number of ether oxygens (including phenoxy) is 1. The Balaban J connectivity index is 2.18. The largest absolute Gasteiger partial charge is 0.443 e. The van der Waals surface area contributed by atoms with Gasteiger partial charge >= 0.3 is 6.09 Å². The third-order valence-electron chi connectivity index (χ3n) is 3.38. The van der Waals surface area contributed by atoms with Gasteiger partial charge in [0.15, 0.2) is 0 Å². The SMILES string of the molecule is CNCCc1cccc2c1CCN2C(=O)OC(C)(C)C. The van der Waals surface area contributed by atoms with Crippen LogP contribution in [0, 0.1) is 0 Å². The Labute approximate surface area is 121 Å². The van der Waals surface area contributed by atoms with Crippen molar-refractivity contribution in [3.63, 3.8) is 0 Å². The van der Waals surface area contributed by atoms with Crippen molar-refractivity contribution in [1.29, 1.82) is 0 Å². The van der Waals surface area contributed by atoms with Gasteiger partial charge in [-0.2, -0.15) is 0 Å². The van der Waals surface area contributed by atoms with Gasteiger partial charge in [0.05, 0.1) is 5.69 Å². The Hall–Kier alpha value is -1.55. The molecule has 0 saturated heterocycles. The highest BCUT2D eigenvalue weighted by Crippen LogP contribution is 2.32. The lowest BCUT2D eigenvalue weighted by molar-refractivity contribution is 0.0584. The van der Waals surface area contributed by atoms with Gasteiger partial charge in [-0.25, -0.2) is 4.79 Å². The van der Waals surface area contributed by atoms with Crippen molar-refractivity contribution >= 4 is 11.8 Å². The molecule has 1 heterocycles. The number of anilines is 1. The average molecular weight is 276 g/mol. The lowest BCUT2D eigenvalue weighted by atomic mass is 10.0. The van der Waals surface area contributed by atoms with Crippen LogP contribution in [-0.4, -0.2) is 31.8 Å². The number of hydrogen-bond acceptors (Lipinski definition) is 3. The quantitative estimate of drug-likeness (QED) is 0.923. The highest BCUT2D eigenvalue weighted by molar-refractivity contribution is 5.90. The molecule has 0 bridgehead atoms. The molecule has 0 aliphatic carbocycles. The Morgan fingerprint density at radius 2 is 2.15 bits per heavy atom. The standard InChI is InChI=1S/C16H24N2O2/c1-16(2,3)20-15(19)18-11-9-13-12(8-10-17-4)6-5-7-14(13)18/h5-7,17H,8-11H2,1-4H3. The van der Waals surface area contributed by atoms with Crippen LogP contribution in [0.15, 0.2) is 18.2 Å². The van der Waals surface area contributed by atoms with Crippen molar-refractivity contribution in [1.82, 2.24) is 5.32 Å². The molecule has 4 heteroatoms. The fourth-order valence-corrected chi connectivity index (χ4v) is 2.51. The molecule has 0 fully saturated rings. The van der Waals surface area contributed by atoms with Gasteiger partial charge in [-0.3, -0.25) is 4.90 Å². The second-order valence-electron chi connectivity index (χ2n) is 6.15. The molecular weight excluding hydrogens is 252 g/mol. The summed E-state index contributed by atoms with van der Waals surface area (Å²) in [5.41, 5.74) is 3.16. The number of nitrogens with zero attached hydrogens (tertiary/aromatic N) is 1. The Kier molecular flexibility index (Phi) is 4.33. The van der Waals surface area contributed by atoms with Crippen LogP contribution in [-0.2, 0) is 17.6 Å². The maximum absolute atomic E-state index is 12.2. The van der Waals surface area contributed by atoms with E-state index in [1.54, 1.807) is 4.90 Å². The van der Waals surface area contributed by atoms with Crippen molar-refractivity contribution in [3.8, 4) is 0 Å². The monoisotopic (exact) mass is 276 g/mol. The van der Waals surface area contributed by atoms with E-state index in [0.717, 1.165) is 25.1 Å². The van der Waals surface area contributed by atoms with Crippen LogP contribution in [0.4, 0.5) is 10.5 Å². The first-order chi connectivity index (χ1) is 9.42. The summed E-state index contributed by atoms with van der Waals surface area (Å²) in [4.78, 5) is 14.0. The molecule has 0 saturated carbocycles. The molecule has 0 atom stereocenters. The molecule has 0 spiro atoms. The third kappa shape index (κ3) is 3.31. The Morgan fingerprint density at radius 3 is 2.80 bits per heavy atom. The van der Waals surface area contributed by atoms with Gasteiger partial charge in [0.2, 0.25) is 0 Å². The van der Waals surface area contributed by atoms with Crippen LogP contribution in [0.5, 0.6) is 0 Å². The minimum absolute atomic E-state index is 0.248. The number of carbonyl (C=O) groups is 1. The first kappa shape index (κ1) is 14.9. The van der Waals surface area contributed by atoms with Crippen LogP contribution in [0.3, 0.4) is 0 Å². The Bertz CT molecular complexity index is 492. The number of carbonyl (C=O) groups excluding carboxylic acids is 1. The molecule has 4 nitrogen and oxygen atoms in total. The minimum atomic E-state index is -0.455. The predicted molar refractivity (Wildman–Crippen MR) is 81.4 cm³/mol. The number of fused-ring (bicyclic) bond motifs is 1. The number of nitrogens with one attached hydrogen (secondary N) is 1. The number of benzene rings is 1. The highest BCUT2D eigenvalue weighted by atomic mass is 16.6. The molecule has 1 aliphatic rings. The first-order valence-corrected chi connectivity index (χ1v) is 7.18. The summed E-state index contributed by atoms with van der Waals surface area (Å²) < 4.78 is 5.47. The summed E-state index contributed by atoms with van der Waals surface area (Å²) in [7, 11) is 1.95. The number of rotatable bonds is 3. The van der Waals surface area contributed by atoms with Crippen LogP contribution < -0.4 is 10.2 Å². The van der Waals surface area contributed by atoms with E-state index in [4.69, 9.17) is 4.74 Å². The second kappa shape index (κ2) is 5.83. The maximum Gasteiger partial charge on any atom is 0.414 e. The zero-order valence-electron chi connectivity index (χ0n) is 12.8. The summed E-state index contributed by atoms with van der Waals surface area (Å²) in [6.45, 7) is 7.34. The van der Waals surface area contributed by atoms with Crippen LogP contribution in [0.25, 0.3) is 0 Å². The summed E-state index contributed by atoms with van der Waals surface area (Å²) >= 11 is 0. The van der Waals surface area contributed by atoms with E-state index < -0.39 is 5.60 Å². The minimum Gasteiger partial charge on any atom is -0.443 e. The van der Waals surface area contributed by atoms with Gasteiger partial charge in [0.1, 0.15) is 5.60 Å². The molecule has 0 aromatic heterocycles. The summed E-state index contributed by atoms with van der Waals surface area (Å²) in [6, 6.07) is 6.18. The fraction of sp³-hybridized carbons (Fsp3) is 0.562. The molecule has 0 unspecified atom stereocenters. The lowest BCUT2D eigenvalue weighted by Crippen LogP contribution is -2.35. The number of likely N-dealkylation sites (N-methyl/N-ethyl adjacent to an activating group) is 1. The smallest absolute Gasteiger partial charge is 0.414 e. The molecule has 1 aromatic carbocycles. The van der Waals surface area contributed by atoms with E-state index in [1.165, 1.54) is 11.1 Å². The van der Waals surface area contributed by atoms with Gasteiger partial charge in [0, 0.05) is 6.54 Å². The number of hydrogen-bond donors (Lipinski definition) is 1. The normalized spacial score (nSPS) is 14.3. The zero-order chi connectivity index (χ0) is 14.8. The molecule has 2 rings (SSSR count). The fourth-order valence-electron chi connectivity index (χ4n) is 2.51. The third-order valence-corrected chi connectivity index (χ3v) is 3.38. The van der Waals surface area contributed by atoms with Crippen molar-refractivity contribution in [2.24, 2.45) is 0 Å². The van der Waals surface area contributed by atoms with Crippen molar-refractivity contribution in [2.75, 3.05) is 25.0 Å². The van der Waals surface area contributed by atoms with E-state index in [-0.39, 0.29) is 6.09 Å².